The molecule has 1 heterocycles. The van der Waals surface area contributed by atoms with E-state index in [4.69, 9.17) is 0 Å². The molecule has 1 N–H and O–H groups in total. The van der Waals surface area contributed by atoms with Crippen LogP contribution in [0.15, 0.2) is 42.5 Å². The molecular formula is C14H17NO2S2. The van der Waals surface area contributed by atoms with Crippen LogP contribution in [0.5, 0.6) is 0 Å². The van der Waals surface area contributed by atoms with Crippen LogP contribution in [0.25, 0.3) is 10.4 Å². The molecular weight excluding hydrogens is 278 g/mol. The minimum Gasteiger partial charge on any atom is -0.212 e. The summed E-state index contributed by atoms with van der Waals surface area (Å²) in [6, 6.07) is 14.1. The van der Waals surface area contributed by atoms with Gasteiger partial charge in [0, 0.05) is 16.3 Å². The fourth-order valence-corrected chi connectivity index (χ4v) is 3.85. The average molecular weight is 295 g/mol. The van der Waals surface area contributed by atoms with Crippen LogP contribution in [-0.2, 0) is 16.6 Å². The first-order chi connectivity index (χ1) is 9.11. The molecule has 0 fully saturated rings. The Balaban J connectivity index is 2.03. The molecule has 2 rings (SSSR count). The summed E-state index contributed by atoms with van der Waals surface area (Å²) in [7, 11) is -3.13. The molecule has 3 nitrogen and oxygen atoms in total. The third-order valence-electron chi connectivity index (χ3n) is 2.66. The molecule has 0 radical (unpaired) electrons. The van der Waals surface area contributed by atoms with Gasteiger partial charge in [-0.15, -0.1) is 11.3 Å². The third-order valence-corrected chi connectivity index (χ3v) is 5.32. The quantitative estimate of drug-likeness (QED) is 0.889. The molecule has 2 aromatic rings. The number of rotatable bonds is 6. The van der Waals surface area contributed by atoms with Crippen molar-refractivity contribution in [3.63, 3.8) is 0 Å². The average Bonchev–Trinajstić information content (AvgIpc) is 2.86. The van der Waals surface area contributed by atoms with Gasteiger partial charge in [-0.2, -0.15) is 0 Å². The largest absolute Gasteiger partial charge is 0.212 e. The van der Waals surface area contributed by atoms with Gasteiger partial charge in [0.15, 0.2) is 0 Å². The van der Waals surface area contributed by atoms with Crippen LogP contribution in [0, 0.1) is 0 Å². The van der Waals surface area contributed by atoms with E-state index < -0.39 is 10.0 Å². The van der Waals surface area contributed by atoms with Crippen molar-refractivity contribution in [1.82, 2.24) is 4.72 Å². The molecule has 0 atom stereocenters. The van der Waals surface area contributed by atoms with E-state index in [-0.39, 0.29) is 5.75 Å². The van der Waals surface area contributed by atoms with E-state index in [2.05, 4.69) is 16.9 Å². The summed E-state index contributed by atoms with van der Waals surface area (Å²) < 4.78 is 25.8. The first-order valence-electron chi connectivity index (χ1n) is 6.22. The van der Waals surface area contributed by atoms with E-state index in [0.29, 0.717) is 13.0 Å². The van der Waals surface area contributed by atoms with Gasteiger partial charge in [0.1, 0.15) is 0 Å². The maximum absolute atomic E-state index is 11.6. The van der Waals surface area contributed by atoms with Gasteiger partial charge in [0.05, 0.1) is 5.75 Å². The predicted molar refractivity (Wildman–Crippen MR) is 80.7 cm³/mol. The predicted octanol–water partition coefficient (Wildman–Crippen LogP) is 3.24. The van der Waals surface area contributed by atoms with Crippen LogP contribution in [0.3, 0.4) is 0 Å². The lowest BCUT2D eigenvalue weighted by Crippen LogP contribution is -2.25. The van der Waals surface area contributed by atoms with Crippen LogP contribution < -0.4 is 4.72 Å². The second-order valence-electron chi connectivity index (χ2n) is 4.27. The number of nitrogens with one attached hydrogen (secondary N) is 1. The molecule has 0 aliphatic rings. The summed E-state index contributed by atoms with van der Waals surface area (Å²) in [4.78, 5) is 2.18. The second kappa shape index (κ2) is 6.32. The number of thiophene rings is 1. The normalized spacial score (nSPS) is 11.6. The van der Waals surface area contributed by atoms with Gasteiger partial charge >= 0.3 is 0 Å². The standard InChI is InChI=1S/C14H17NO2S2/c1-2-10-19(16,17)15-11-13-8-9-14(18-13)12-6-4-3-5-7-12/h3-9,15H,2,10-11H2,1H3. The van der Waals surface area contributed by atoms with E-state index in [1.54, 1.807) is 11.3 Å². The lowest BCUT2D eigenvalue weighted by Gasteiger charge is -2.03. The highest BCUT2D eigenvalue weighted by molar-refractivity contribution is 7.89. The molecule has 102 valence electrons. The topological polar surface area (TPSA) is 46.2 Å². The van der Waals surface area contributed by atoms with Gasteiger partial charge < -0.3 is 0 Å². The van der Waals surface area contributed by atoms with E-state index in [9.17, 15) is 8.42 Å². The molecule has 1 aromatic heterocycles. The smallest absolute Gasteiger partial charge is 0.211 e. The summed E-state index contributed by atoms with van der Waals surface area (Å²) in [5.74, 6) is 0.184. The Hall–Kier alpha value is -1.17. The van der Waals surface area contributed by atoms with Gasteiger partial charge in [-0.25, -0.2) is 13.1 Å². The third kappa shape index (κ3) is 4.16. The highest BCUT2D eigenvalue weighted by Gasteiger charge is 2.09. The van der Waals surface area contributed by atoms with Crippen molar-refractivity contribution in [2.45, 2.75) is 19.9 Å². The molecule has 5 heteroatoms. The molecule has 19 heavy (non-hydrogen) atoms. The van der Waals surface area contributed by atoms with Crippen molar-refractivity contribution in [3.8, 4) is 10.4 Å². The highest BCUT2D eigenvalue weighted by Crippen LogP contribution is 2.27. The fraction of sp³-hybridized carbons (Fsp3) is 0.286. The van der Waals surface area contributed by atoms with Gasteiger partial charge in [0.2, 0.25) is 10.0 Å². The van der Waals surface area contributed by atoms with E-state index in [0.717, 1.165) is 15.3 Å². The van der Waals surface area contributed by atoms with Gasteiger partial charge in [-0.1, -0.05) is 37.3 Å². The number of hydrogen-bond acceptors (Lipinski definition) is 3. The first kappa shape index (κ1) is 14.2. The molecule has 0 saturated carbocycles. The Morgan fingerprint density at radius 1 is 1.11 bits per heavy atom. The summed E-state index contributed by atoms with van der Waals surface area (Å²) in [5.41, 5.74) is 1.16. The Labute approximate surface area is 118 Å². The Kier molecular flexibility index (Phi) is 4.74. The molecule has 0 aliphatic carbocycles. The van der Waals surface area contributed by atoms with Crippen LogP contribution in [0.2, 0.25) is 0 Å². The highest BCUT2D eigenvalue weighted by atomic mass is 32.2. The Morgan fingerprint density at radius 2 is 1.84 bits per heavy atom. The maximum atomic E-state index is 11.6. The first-order valence-corrected chi connectivity index (χ1v) is 8.69. The zero-order valence-corrected chi connectivity index (χ0v) is 12.4. The van der Waals surface area contributed by atoms with Gasteiger partial charge in [-0.05, 0) is 24.1 Å². The number of hydrogen-bond donors (Lipinski definition) is 1. The summed E-state index contributed by atoms with van der Waals surface area (Å²) in [6.45, 7) is 2.23. The van der Waals surface area contributed by atoms with Crippen LogP contribution in [-0.4, -0.2) is 14.2 Å². The molecule has 0 spiro atoms. The van der Waals surface area contributed by atoms with Crippen LogP contribution in [0.1, 0.15) is 18.2 Å². The summed E-state index contributed by atoms with van der Waals surface area (Å²) in [6.07, 6.45) is 0.634. The van der Waals surface area contributed by atoms with Crippen molar-refractivity contribution in [2.75, 3.05) is 5.75 Å². The van der Waals surface area contributed by atoms with Crippen LogP contribution >= 0.6 is 11.3 Å². The molecule has 0 saturated heterocycles. The van der Waals surface area contributed by atoms with Gasteiger partial charge in [-0.3, -0.25) is 0 Å². The fourth-order valence-electron chi connectivity index (χ4n) is 1.75. The molecule has 0 aliphatic heterocycles. The maximum Gasteiger partial charge on any atom is 0.211 e. The minimum atomic E-state index is -3.13. The number of benzene rings is 1. The van der Waals surface area contributed by atoms with E-state index >= 15 is 0 Å². The number of sulfonamides is 1. The van der Waals surface area contributed by atoms with Crippen molar-refractivity contribution in [1.29, 1.82) is 0 Å². The second-order valence-corrected chi connectivity index (χ2v) is 7.37. The van der Waals surface area contributed by atoms with Gasteiger partial charge in [0.25, 0.3) is 0 Å². The molecule has 0 bridgehead atoms. The monoisotopic (exact) mass is 295 g/mol. The minimum absolute atomic E-state index is 0.184. The van der Waals surface area contributed by atoms with Crippen molar-refractivity contribution >= 4 is 21.4 Å². The van der Waals surface area contributed by atoms with Crippen LogP contribution in [0.4, 0.5) is 0 Å². The van der Waals surface area contributed by atoms with Crippen molar-refractivity contribution < 1.29 is 8.42 Å². The zero-order chi connectivity index (χ0) is 13.7. The summed E-state index contributed by atoms with van der Waals surface area (Å²) in [5, 5.41) is 0. The van der Waals surface area contributed by atoms with E-state index in [1.807, 2.05) is 37.3 Å². The lowest BCUT2D eigenvalue weighted by molar-refractivity contribution is 0.580. The lowest BCUT2D eigenvalue weighted by atomic mass is 10.2. The van der Waals surface area contributed by atoms with Crippen molar-refractivity contribution in [2.24, 2.45) is 0 Å². The summed E-state index contributed by atoms with van der Waals surface area (Å²) >= 11 is 1.62. The van der Waals surface area contributed by atoms with Crippen molar-refractivity contribution in [3.05, 3.63) is 47.3 Å². The Morgan fingerprint density at radius 3 is 2.53 bits per heavy atom. The molecule has 1 aromatic carbocycles. The van der Waals surface area contributed by atoms with E-state index in [1.165, 1.54) is 0 Å². The zero-order valence-electron chi connectivity index (χ0n) is 10.8. The molecule has 0 amide bonds. The molecule has 0 unspecified atom stereocenters. The SMILES string of the molecule is CCCS(=O)(=O)NCc1ccc(-c2ccccc2)s1. The Bertz CT molecular complexity index is 618.